The number of hydrogen-bond acceptors (Lipinski definition) is 6. The number of carbonyl (C=O) groups excluding carboxylic acids is 2. The third-order valence-corrected chi connectivity index (χ3v) is 4.13. The molecule has 0 aromatic heterocycles. The largest absolute Gasteiger partial charge is 0.457 e. The van der Waals surface area contributed by atoms with E-state index >= 15 is 0 Å². The number of aryl methyl sites for hydroxylation is 1. The van der Waals surface area contributed by atoms with Gasteiger partial charge in [-0.3, -0.25) is 14.9 Å². The number of rotatable bonds is 7. The molecule has 0 fully saturated rings. The minimum atomic E-state index is -0.675. The van der Waals surface area contributed by atoms with Gasteiger partial charge in [0, 0.05) is 17.2 Å². The predicted molar refractivity (Wildman–Crippen MR) is 105 cm³/mol. The number of para-hydroxylation sites is 1. The Morgan fingerprint density at radius 2 is 1.52 bits per heavy atom. The molecule has 3 rings (SSSR count). The van der Waals surface area contributed by atoms with Crippen LogP contribution < -0.4 is 4.74 Å². The van der Waals surface area contributed by atoms with Crippen molar-refractivity contribution in [3.63, 3.8) is 0 Å². The lowest BCUT2D eigenvalue weighted by Gasteiger charge is -2.07. The lowest BCUT2D eigenvalue weighted by molar-refractivity contribution is -0.385. The maximum absolute atomic E-state index is 12.2. The first kappa shape index (κ1) is 19.8. The molecule has 0 bridgehead atoms. The summed E-state index contributed by atoms with van der Waals surface area (Å²) in [5.41, 5.74) is 0.660. The number of benzene rings is 3. The average molecular weight is 391 g/mol. The summed E-state index contributed by atoms with van der Waals surface area (Å²) in [4.78, 5) is 34.8. The van der Waals surface area contributed by atoms with E-state index in [-0.39, 0.29) is 16.8 Å². The van der Waals surface area contributed by atoms with Crippen LogP contribution >= 0.6 is 0 Å². The maximum atomic E-state index is 12.2. The van der Waals surface area contributed by atoms with Crippen LogP contribution in [0, 0.1) is 17.0 Å². The molecule has 0 amide bonds. The molecular formula is C22H17NO6. The Bertz CT molecular complexity index is 1040. The summed E-state index contributed by atoms with van der Waals surface area (Å²) in [6, 6.07) is 19.6. The second-order valence-electron chi connectivity index (χ2n) is 6.20. The van der Waals surface area contributed by atoms with Crippen molar-refractivity contribution >= 4 is 17.4 Å². The second kappa shape index (κ2) is 8.79. The molecule has 0 unspecified atom stereocenters. The van der Waals surface area contributed by atoms with Crippen LogP contribution in [0.3, 0.4) is 0 Å². The smallest absolute Gasteiger partial charge is 0.338 e. The Balaban J connectivity index is 1.60. The molecule has 29 heavy (non-hydrogen) atoms. The van der Waals surface area contributed by atoms with Gasteiger partial charge in [0.15, 0.2) is 6.61 Å². The molecule has 3 aromatic carbocycles. The molecular weight excluding hydrogens is 374 g/mol. The first-order chi connectivity index (χ1) is 13.9. The van der Waals surface area contributed by atoms with Crippen molar-refractivity contribution in [2.75, 3.05) is 6.61 Å². The van der Waals surface area contributed by atoms with Crippen molar-refractivity contribution in [2.24, 2.45) is 0 Å². The van der Waals surface area contributed by atoms with Gasteiger partial charge in [0.25, 0.3) is 5.69 Å². The minimum absolute atomic E-state index is 0.113. The summed E-state index contributed by atoms with van der Waals surface area (Å²) in [7, 11) is 0. The Hall–Kier alpha value is -4.00. The molecule has 0 radical (unpaired) electrons. The van der Waals surface area contributed by atoms with Gasteiger partial charge < -0.3 is 9.47 Å². The number of carbonyl (C=O) groups is 2. The van der Waals surface area contributed by atoms with Gasteiger partial charge in [-0.15, -0.1) is 0 Å². The second-order valence-corrected chi connectivity index (χ2v) is 6.20. The summed E-state index contributed by atoms with van der Waals surface area (Å²) < 4.78 is 10.7. The highest BCUT2D eigenvalue weighted by Gasteiger charge is 2.17. The van der Waals surface area contributed by atoms with Crippen molar-refractivity contribution in [1.82, 2.24) is 0 Å². The third-order valence-electron chi connectivity index (χ3n) is 4.13. The van der Waals surface area contributed by atoms with Gasteiger partial charge in [0.2, 0.25) is 5.78 Å². The van der Waals surface area contributed by atoms with Crippen molar-refractivity contribution in [1.29, 1.82) is 0 Å². The average Bonchev–Trinajstić information content (AvgIpc) is 2.73. The van der Waals surface area contributed by atoms with Crippen LogP contribution in [0.25, 0.3) is 0 Å². The Morgan fingerprint density at radius 1 is 0.897 bits per heavy atom. The quantitative estimate of drug-likeness (QED) is 0.250. The molecule has 3 aromatic rings. The Labute approximate surface area is 166 Å². The van der Waals surface area contributed by atoms with Gasteiger partial charge in [0.05, 0.1) is 10.5 Å². The highest BCUT2D eigenvalue weighted by molar-refractivity contribution is 5.99. The number of ketones is 1. The maximum Gasteiger partial charge on any atom is 0.338 e. The molecule has 0 aliphatic heterocycles. The molecule has 0 aliphatic rings. The molecule has 0 saturated carbocycles. The van der Waals surface area contributed by atoms with E-state index in [1.54, 1.807) is 19.1 Å². The number of ether oxygens (including phenoxy) is 2. The van der Waals surface area contributed by atoms with Gasteiger partial charge in [-0.25, -0.2) is 4.79 Å². The fourth-order valence-electron chi connectivity index (χ4n) is 2.56. The third kappa shape index (κ3) is 5.04. The van der Waals surface area contributed by atoms with Crippen LogP contribution in [-0.2, 0) is 4.74 Å². The highest BCUT2D eigenvalue weighted by atomic mass is 16.6. The summed E-state index contributed by atoms with van der Waals surface area (Å²) in [5.74, 6) is 0.0214. The van der Waals surface area contributed by atoms with E-state index in [9.17, 15) is 19.7 Å². The van der Waals surface area contributed by atoms with E-state index in [4.69, 9.17) is 9.47 Å². The van der Waals surface area contributed by atoms with E-state index in [0.29, 0.717) is 17.1 Å². The molecule has 0 atom stereocenters. The Kier molecular flexibility index (Phi) is 5.99. The fourth-order valence-corrected chi connectivity index (χ4v) is 2.56. The summed E-state index contributed by atoms with van der Waals surface area (Å²) in [6.45, 7) is 1.07. The van der Waals surface area contributed by atoms with Gasteiger partial charge in [-0.2, -0.15) is 0 Å². The topological polar surface area (TPSA) is 95.7 Å². The fraction of sp³-hybridized carbons (Fsp3) is 0.0909. The Morgan fingerprint density at radius 3 is 2.17 bits per heavy atom. The monoisotopic (exact) mass is 391 g/mol. The van der Waals surface area contributed by atoms with Gasteiger partial charge in [0.1, 0.15) is 11.5 Å². The van der Waals surface area contributed by atoms with Gasteiger partial charge in [-0.05, 0) is 43.3 Å². The van der Waals surface area contributed by atoms with Crippen LogP contribution in [0.15, 0.2) is 72.8 Å². The van der Waals surface area contributed by atoms with Gasteiger partial charge in [-0.1, -0.05) is 30.3 Å². The molecule has 0 aliphatic carbocycles. The number of esters is 1. The standard InChI is InChI=1S/C22H17NO6/c1-15-7-8-17(13-20(15)23(26)27)21(24)14-28-22(25)16-9-11-19(12-10-16)29-18-5-3-2-4-6-18/h2-13H,14H2,1H3. The van der Waals surface area contributed by atoms with E-state index < -0.39 is 23.3 Å². The van der Waals surface area contributed by atoms with E-state index in [0.717, 1.165) is 0 Å². The lowest BCUT2D eigenvalue weighted by Crippen LogP contribution is -2.14. The number of Topliss-reactive ketones (excluding diaryl/α,β-unsaturated/α-hetero) is 1. The molecule has 146 valence electrons. The number of nitro groups is 1. The summed E-state index contributed by atoms with van der Waals surface area (Å²) in [6.07, 6.45) is 0. The van der Waals surface area contributed by atoms with E-state index in [1.165, 1.54) is 30.3 Å². The van der Waals surface area contributed by atoms with Crippen LogP contribution in [-0.4, -0.2) is 23.3 Å². The van der Waals surface area contributed by atoms with E-state index in [2.05, 4.69) is 0 Å². The first-order valence-corrected chi connectivity index (χ1v) is 8.72. The minimum Gasteiger partial charge on any atom is -0.457 e. The number of nitro benzene ring substituents is 1. The highest BCUT2D eigenvalue weighted by Crippen LogP contribution is 2.22. The molecule has 7 nitrogen and oxygen atoms in total. The zero-order chi connectivity index (χ0) is 20.8. The molecule has 0 heterocycles. The van der Waals surface area contributed by atoms with Crippen molar-refractivity contribution < 1.29 is 24.0 Å². The number of nitrogens with zero attached hydrogens (tertiary/aromatic N) is 1. The van der Waals surface area contributed by atoms with Crippen molar-refractivity contribution in [2.45, 2.75) is 6.92 Å². The predicted octanol–water partition coefficient (Wildman–Crippen LogP) is 4.74. The van der Waals surface area contributed by atoms with Crippen LogP contribution in [0.4, 0.5) is 5.69 Å². The zero-order valence-electron chi connectivity index (χ0n) is 15.5. The zero-order valence-corrected chi connectivity index (χ0v) is 15.5. The molecule has 0 saturated heterocycles. The van der Waals surface area contributed by atoms with Crippen molar-refractivity contribution in [3.05, 3.63) is 99.6 Å². The number of hydrogen-bond donors (Lipinski definition) is 0. The lowest BCUT2D eigenvalue weighted by atomic mass is 10.1. The molecule has 0 spiro atoms. The molecule has 0 N–H and O–H groups in total. The SMILES string of the molecule is Cc1ccc(C(=O)COC(=O)c2ccc(Oc3ccccc3)cc2)cc1[N+](=O)[O-]. The summed E-state index contributed by atoms with van der Waals surface area (Å²) >= 11 is 0. The first-order valence-electron chi connectivity index (χ1n) is 8.72. The van der Waals surface area contributed by atoms with Crippen LogP contribution in [0.2, 0.25) is 0 Å². The van der Waals surface area contributed by atoms with Gasteiger partial charge >= 0.3 is 5.97 Å². The summed E-state index contributed by atoms with van der Waals surface area (Å²) in [5, 5.41) is 11.0. The van der Waals surface area contributed by atoms with Crippen LogP contribution in [0.5, 0.6) is 11.5 Å². The normalized spacial score (nSPS) is 10.2. The van der Waals surface area contributed by atoms with Crippen molar-refractivity contribution in [3.8, 4) is 11.5 Å². The molecule has 7 heteroatoms. The van der Waals surface area contributed by atoms with E-state index in [1.807, 2.05) is 30.3 Å². The van der Waals surface area contributed by atoms with Crippen LogP contribution in [0.1, 0.15) is 26.3 Å².